The van der Waals surface area contributed by atoms with Gasteiger partial charge in [-0.2, -0.15) is 0 Å². The van der Waals surface area contributed by atoms with Gasteiger partial charge in [-0.3, -0.25) is 4.79 Å². The Hall–Kier alpha value is -1.59. The Morgan fingerprint density at radius 1 is 1.29 bits per heavy atom. The van der Waals surface area contributed by atoms with E-state index in [9.17, 15) is 9.90 Å². The summed E-state index contributed by atoms with van der Waals surface area (Å²) in [6.07, 6.45) is 2.50. The predicted octanol–water partition coefficient (Wildman–Crippen LogP) is 2.15. The van der Waals surface area contributed by atoms with Gasteiger partial charge < -0.3 is 20.1 Å². The minimum absolute atomic E-state index is 0.0525. The van der Waals surface area contributed by atoms with E-state index in [0.717, 1.165) is 44.6 Å². The molecule has 0 atom stereocenters. The number of likely N-dealkylation sites (tertiary alicyclic amines) is 1. The fourth-order valence-corrected chi connectivity index (χ4v) is 2.82. The first-order chi connectivity index (χ1) is 11.5. The molecule has 0 unspecified atom stereocenters. The molecule has 0 spiro atoms. The third-order valence-electron chi connectivity index (χ3n) is 4.45. The number of amides is 1. The standard InChI is InChI=1S/C19H30N2O3/c1-15(2)16-4-6-18(7-5-16)24-14-19(23)20-10-3-11-21-12-8-17(22)9-13-21/h4-7,15,17,22H,3,8-14H2,1-2H3,(H,20,23). The Bertz CT molecular complexity index is 494. The van der Waals surface area contributed by atoms with Crippen LogP contribution >= 0.6 is 0 Å². The number of nitrogens with one attached hydrogen (secondary N) is 1. The number of aliphatic hydroxyl groups is 1. The fraction of sp³-hybridized carbons (Fsp3) is 0.632. The molecule has 0 saturated carbocycles. The third kappa shape index (κ3) is 6.49. The van der Waals surface area contributed by atoms with E-state index in [1.165, 1.54) is 5.56 Å². The molecule has 2 rings (SSSR count). The van der Waals surface area contributed by atoms with Gasteiger partial charge in [0.1, 0.15) is 5.75 Å². The van der Waals surface area contributed by atoms with E-state index in [4.69, 9.17) is 4.74 Å². The van der Waals surface area contributed by atoms with Crippen molar-refractivity contribution in [1.82, 2.24) is 10.2 Å². The van der Waals surface area contributed by atoms with Crippen molar-refractivity contribution in [3.63, 3.8) is 0 Å². The number of hydrogen-bond acceptors (Lipinski definition) is 4. The molecule has 1 aromatic rings. The molecule has 1 heterocycles. The maximum atomic E-state index is 11.8. The minimum atomic E-state index is -0.132. The molecule has 5 nitrogen and oxygen atoms in total. The van der Waals surface area contributed by atoms with Gasteiger partial charge in [-0.25, -0.2) is 0 Å². The Morgan fingerprint density at radius 2 is 1.96 bits per heavy atom. The van der Waals surface area contributed by atoms with E-state index in [0.29, 0.717) is 12.5 Å². The Balaban J connectivity index is 1.56. The van der Waals surface area contributed by atoms with Crippen molar-refractivity contribution in [2.24, 2.45) is 0 Å². The molecule has 5 heteroatoms. The van der Waals surface area contributed by atoms with Crippen LogP contribution in [-0.4, -0.2) is 54.8 Å². The van der Waals surface area contributed by atoms with Gasteiger partial charge in [0.25, 0.3) is 5.91 Å². The zero-order valence-electron chi connectivity index (χ0n) is 14.8. The summed E-state index contributed by atoms with van der Waals surface area (Å²) in [5.74, 6) is 1.13. The van der Waals surface area contributed by atoms with Gasteiger partial charge in [0.05, 0.1) is 6.10 Å². The first-order valence-electron chi connectivity index (χ1n) is 8.94. The quantitative estimate of drug-likeness (QED) is 0.715. The van der Waals surface area contributed by atoms with E-state index in [-0.39, 0.29) is 18.6 Å². The fourth-order valence-electron chi connectivity index (χ4n) is 2.82. The van der Waals surface area contributed by atoms with Crippen molar-refractivity contribution in [3.8, 4) is 5.75 Å². The van der Waals surface area contributed by atoms with Gasteiger partial charge in [0.2, 0.25) is 0 Å². The molecule has 1 aromatic carbocycles. The lowest BCUT2D eigenvalue weighted by Gasteiger charge is -2.29. The molecule has 0 radical (unpaired) electrons. The minimum Gasteiger partial charge on any atom is -0.484 e. The molecule has 1 aliphatic heterocycles. The monoisotopic (exact) mass is 334 g/mol. The van der Waals surface area contributed by atoms with Crippen molar-refractivity contribution in [1.29, 1.82) is 0 Å². The van der Waals surface area contributed by atoms with Crippen LogP contribution in [0.25, 0.3) is 0 Å². The molecular weight excluding hydrogens is 304 g/mol. The second-order valence-corrected chi connectivity index (χ2v) is 6.79. The molecule has 2 N–H and O–H groups in total. The van der Waals surface area contributed by atoms with Gasteiger partial charge >= 0.3 is 0 Å². The van der Waals surface area contributed by atoms with Gasteiger partial charge in [-0.15, -0.1) is 0 Å². The van der Waals surface area contributed by atoms with Crippen LogP contribution in [0.5, 0.6) is 5.75 Å². The number of piperidine rings is 1. The van der Waals surface area contributed by atoms with Crippen LogP contribution in [0.4, 0.5) is 0 Å². The molecule has 24 heavy (non-hydrogen) atoms. The summed E-state index contributed by atoms with van der Waals surface area (Å²) < 4.78 is 5.51. The average Bonchev–Trinajstić information content (AvgIpc) is 2.59. The van der Waals surface area contributed by atoms with Crippen LogP contribution < -0.4 is 10.1 Å². The van der Waals surface area contributed by atoms with Crippen molar-refractivity contribution in [2.75, 3.05) is 32.8 Å². The van der Waals surface area contributed by atoms with Crippen LogP contribution in [0, 0.1) is 0 Å². The van der Waals surface area contributed by atoms with Crippen molar-refractivity contribution in [3.05, 3.63) is 29.8 Å². The zero-order chi connectivity index (χ0) is 17.4. The van der Waals surface area contributed by atoms with E-state index < -0.39 is 0 Å². The summed E-state index contributed by atoms with van der Waals surface area (Å²) in [7, 11) is 0. The van der Waals surface area contributed by atoms with Crippen molar-refractivity contribution >= 4 is 5.91 Å². The number of ether oxygens (including phenoxy) is 1. The zero-order valence-corrected chi connectivity index (χ0v) is 14.8. The number of carbonyl (C=O) groups is 1. The maximum absolute atomic E-state index is 11.8. The Kier molecular flexibility index (Phi) is 7.53. The van der Waals surface area contributed by atoms with Gasteiger partial charge in [0, 0.05) is 19.6 Å². The summed E-state index contributed by atoms with van der Waals surface area (Å²) in [5, 5.41) is 12.4. The largest absolute Gasteiger partial charge is 0.484 e. The summed E-state index contributed by atoms with van der Waals surface area (Å²) >= 11 is 0. The van der Waals surface area contributed by atoms with E-state index in [1.54, 1.807) is 0 Å². The number of rotatable bonds is 8. The summed E-state index contributed by atoms with van der Waals surface area (Å²) in [6.45, 7) is 7.87. The molecule has 1 saturated heterocycles. The highest BCUT2D eigenvalue weighted by molar-refractivity contribution is 5.77. The molecule has 0 aromatic heterocycles. The second kappa shape index (κ2) is 9.64. The first kappa shape index (κ1) is 18.7. The lowest BCUT2D eigenvalue weighted by molar-refractivity contribution is -0.123. The van der Waals surface area contributed by atoms with Crippen molar-refractivity contribution in [2.45, 2.75) is 45.1 Å². The Labute approximate surface area is 145 Å². The molecule has 0 bridgehead atoms. The van der Waals surface area contributed by atoms with Crippen LogP contribution in [0.1, 0.15) is 44.6 Å². The van der Waals surface area contributed by atoms with Crippen molar-refractivity contribution < 1.29 is 14.6 Å². The van der Waals surface area contributed by atoms with E-state index in [1.807, 2.05) is 24.3 Å². The second-order valence-electron chi connectivity index (χ2n) is 6.79. The summed E-state index contributed by atoms with van der Waals surface area (Å²) in [6, 6.07) is 7.89. The number of carbonyl (C=O) groups excluding carboxylic acids is 1. The van der Waals surface area contributed by atoms with E-state index >= 15 is 0 Å². The van der Waals surface area contributed by atoms with Gasteiger partial charge in [-0.05, 0) is 49.4 Å². The molecule has 134 valence electrons. The molecule has 1 fully saturated rings. The summed E-state index contributed by atoms with van der Waals surface area (Å²) in [5.41, 5.74) is 1.26. The smallest absolute Gasteiger partial charge is 0.257 e. The van der Waals surface area contributed by atoms with Gasteiger partial charge in [-0.1, -0.05) is 26.0 Å². The summed E-state index contributed by atoms with van der Waals surface area (Å²) in [4.78, 5) is 14.1. The normalized spacial score (nSPS) is 16.3. The topological polar surface area (TPSA) is 61.8 Å². The van der Waals surface area contributed by atoms with Crippen LogP contribution in [0.3, 0.4) is 0 Å². The number of benzene rings is 1. The van der Waals surface area contributed by atoms with Crippen LogP contribution in [0.15, 0.2) is 24.3 Å². The molecule has 1 amide bonds. The predicted molar refractivity (Wildman–Crippen MR) is 95.3 cm³/mol. The van der Waals surface area contributed by atoms with Crippen LogP contribution in [0.2, 0.25) is 0 Å². The highest BCUT2D eigenvalue weighted by Crippen LogP contribution is 2.18. The maximum Gasteiger partial charge on any atom is 0.257 e. The SMILES string of the molecule is CC(C)c1ccc(OCC(=O)NCCCN2CCC(O)CC2)cc1. The highest BCUT2D eigenvalue weighted by Gasteiger charge is 2.16. The Morgan fingerprint density at radius 3 is 2.58 bits per heavy atom. The first-order valence-corrected chi connectivity index (χ1v) is 8.94. The van der Waals surface area contributed by atoms with Gasteiger partial charge in [0.15, 0.2) is 6.61 Å². The highest BCUT2D eigenvalue weighted by atomic mass is 16.5. The number of aliphatic hydroxyl groups excluding tert-OH is 1. The lowest BCUT2D eigenvalue weighted by atomic mass is 10.0. The lowest BCUT2D eigenvalue weighted by Crippen LogP contribution is -2.38. The molecule has 1 aliphatic rings. The third-order valence-corrected chi connectivity index (χ3v) is 4.45. The molecule has 0 aliphatic carbocycles. The van der Waals surface area contributed by atoms with Crippen LogP contribution in [-0.2, 0) is 4.79 Å². The average molecular weight is 334 g/mol. The van der Waals surface area contributed by atoms with E-state index in [2.05, 4.69) is 24.1 Å². The number of nitrogens with zero attached hydrogens (tertiary/aromatic N) is 1. The number of hydrogen-bond donors (Lipinski definition) is 2. The molecular formula is C19H30N2O3.